The number of rotatable bonds is 55. The maximum Gasteiger partial charge on any atom is 0.306 e. The van der Waals surface area contributed by atoms with Gasteiger partial charge in [0.05, 0.1) is 33.8 Å². The molecule has 9 nitrogen and oxygen atoms in total. The lowest BCUT2D eigenvalue weighted by atomic mass is 10.1. The van der Waals surface area contributed by atoms with Crippen LogP contribution in [-0.4, -0.2) is 69.4 Å². The summed E-state index contributed by atoms with van der Waals surface area (Å²) in [5.74, 6) is -0.605. The Kier molecular flexibility index (Phi) is 53.5. The fourth-order valence-electron chi connectivity index (χ4n) is 8.31. The van der Waals surface area contributed by atoms with Gasteiger partial charge in [0.1, 0.15) is 19.3 Å². The van der Waals surface area contributed by atoms with E-state index in [1.54, 1.807) is 0 Å². The zero-order valence-electron chi connectivity index (χ0n) is 50.4. The van der Waals surface area contributed by atoms with Crippen molar-refractivity contribution in [2.24, 2.45) is 0 Å². The number of ether oxygens (including phenoxy) is 1. The summed E-state index contributed by atoms with van der Waals surface area (Å²) in [7, 11) is 1.14. The number of nitrogens with one attached hydrogen (secondary N) is 1. The van der Waals surface area contributed by atoms with Crippen molar-refractivity contribution >= 4 is 19.7 Å². The Morgan fingerprint density at radius 3 is 1.22 bits per heavy atom. The second kappa shape index (κ2) is 56.0. The molecule has 0 aromatic rings. The van der Waals surface area contributed by atoms with Crippen molar-refractivity contribution < 1.29 is 37.3 Å². The molecule has 0 aromatic carbocycles. The van der Waals surface area contributed by atoms with Gasteiger partial charge in [0.25, 0.3) is 7.82 Å². The third-order valence-corrected chi connectivity index (χ3v) is 14.1. The molecule has 1 amide bonds. The number of nitrogens with zero attached hydrogens (tertiary/aromatic N) is 1. The van der Waals surface area contributed by atoms with Gasteiger partial charge in [-0.05, 0) is 122 Å². The molecule has 0 aliphatic carbocycles. The van der Waals surface area contributed by atoms with Crippen molar-refractivity contribution in [3.05, 3.63) is 109 Å². The smallest absolute Gasteiger partial charge is 0.306 e. The van der Waals surface area contributed by atoms with E-state index in [9.17, 15) is 19.0 Å². The summed E-state index contributed by atoms with van der Waals surface area (Å²) in [5.41, 5.74) is 0. The molecule has 1 N–H and O–H groups in total. The molecule has 0 saturated heterocycles. The van der Waals surface area contributed by atoms with E-state index in [-0.39, 0.29) is 31.3 Å². The van der Waals surface area contributed by atoms with E-state index in [0.29, 0.717) is 23.9 Å². The number of carbonyl (C=O) groups excluding carboxylic acids is 2. The van der Waals surface area contributed by atoms with E-state index in [1.807, 2.05) is 33.3 Å². The zero-order valence-corrected chi connectivity index (χ0v) is 51.3. The fourth-order valence-corrected chi connectivity index (χ4v) is 9.03. The molecule has 0 bridgehead atoms. The molecule has 0 radical (unpaired) electrons. The van der Waals surface area contributed by atoms with Crippen molar-refractivity contribution in [2.75, 3.05) is 40.9 Å². The minimum Gasteiger partial charge on any atom is -0.756 e. The quantitative estimate of drug-likeness (QED) is 0.0212. The van der Waals surface area contributed by atoms with Crippen LogP contribution in [0.25, 0.3) is 0 Å². The first-order chi connectivity index (χ1) is 37.4. The Balaban J connectivity index is 5.33. The molecule has 0 aliphatic heterocycles. The molecule has 442 valence electrons. The van der Waals surface area contributed by atoms with E-state index in [2.05, 4.69) is 123 Å². The number of phosphoric acid groups is 1. The third-order valence-electron chi connectivity index (χ3n) is 13.2. The maximum absolute atomic E-state index is 13.5. The SMILES string of the molecule is CCCCC/C=C\C/C=C\C/C=C\C/C=C\CCCCCCCC(=O)NC(COP(=O)([O-])OCC[N+](C)(C)C)C(/C=C/CCCCCCCCCCC)OC(=O)CCCCC/C=C\C/C=C\C/C=C\C/C=C\CCCCC. The van der Waals surface area contributed by atoms with Crippen LogP contribution in [0.5, 0.6) is 0 Å². The Morgan fingerprint density at radius 2 is 0.792 bits per heavy atom. The molecular formula is C67H117N2O7P. The Labute approximate surface area is 474 Å². The van der Waals surface area contributed by atoms with Gasteiger partial charge in [-0.3, -0.25) is 14.2 Å². The first-order valence-electron chi connectivity index (χ1n) is 31.2. The van der Waals surface area contributed by atoms with Gasteiger partial charge in [-0.25, -0.2) is 0 Å². The van der Waals surface area contributed by atoms with Crippen LogP contribution < -0.4 is 10.2 Å². The number of esters is 1. The molecule has 0 aliphatic rings. The van der Waals surface area contributed by atoms with Crippen molar-refractivity contribution in [2.45, 2.75) is 264 Å². The Morgan fingerprint density at radius 1 is 0.455 bits per heavy atom. The largest absolute Gasteiger partial charge is 0.756 e. The molecule has 3 unspecified atom stereocenters. The van der Waals surface area contributed by atoms with Crippen LogP contribution in [0, 0.1) is 0 Å². The van der Waals surface area contributed by atoms with Gasteiger partial charge in [0.15, 0.2) is 0 Å². The normalized spacial score (nSPS) is 14.4. The van der Waals surface area contributed by atoms with Gasteiger partial charge < -0.3 is 28.5 Å². The maximum atomic E-state index is 13.5. The summed E-state index contributed by atoms with van der Waals surface area (Å²) in [6.07, 6.45) is 76.2. The van der Waals surface area contributed by atoms with E-state index < -0.39 is 26.6 Å². The lowest BCUT2D eigenvalue weighted by molar-refractivity contribution is -0.870. The van der Waals surface area contributed by atoms with Crippen LogP contribution in [0.15, 0.2) is 109 Å². The number of amides is 1. The zero-order chi connectivity index (χ0) is 56.4. The highest BCUT2D eigenvalue weighted by molar-refractivity contribution is 7.45. The van der Waals surface area contributed by atoms with Crippen LogP contribution in [0.3, 0.4) is 0 Å². The van der Waals surface area contributed by atoms with Crippen LogP contribution in [0.2, 0.25) is 0 Å². The minimum atomic E-state index is -4.72. The standard InChI is InChI=1S/C67H117N2O7P/c1-7-10-13-16-19-22-25-27-29-31-33-34-36-37-39-41-44-47-50-53-56-59-66(70)68-64(63-75-77(72,73)74-62-61-69(4,5)6)65(58-55-52-49-46-43-24-21-18-15-12-9-3)76-67(71)60-57-54-51-48-45-42-40-38-35-32-30-28-26-23-20-17-14-11-8-2/h19-20,22-23,27-30,33-35,37-39,42,45,55,58,64-65H,7-18,21,24-26,31-32,36,40-41,43-44,46-54,56-57,59-63H2,1-6H3,(H-,68,70,72,73)/b22-19-,23-20-,29-27-,30-28-,34-33-,38-35-,39-37-,45-42-,58-55+. The van der Waals surface area contributed by atoms with Gasteiger partial charge in [-0.15, -0.1) is 0 Å². The molecule has 10 heteroatoms. The molecule has 0 fully saturated rings. The van der Waals surface area contributed by atoms with Crippen LogP contribution >= 0.6 is 7.82 Å². The Bertz CT molecular complexity index is 1690. The number of hydrogen-bond donors (Lipinski definition) is 1. The summed E-state index contributed by atoms with van der Waals surface area (Å²) in [6, 6.07) is -0.919. The van der Waals surface area contributed by atoms with Gasteiger partial charge >= 0.3 is 5.97 Å². The second-order valence-electron chi connectivity index (χ2n) is 21.8. The van der Waals surface area contributed by atoms with E-state index in [4.69, 9.17) is 13.8 Å². The number of hydrogen-bond acceptors (Lipinski definition) is 7. The van der Waals surface area contributed by atoms with E-state index in [0.717, 1.165) is 109 Å². The average Bonchev–Trinajstić information content (AvgIpc) is 3.39. The summed E-state index contributed by atoms with van der Waals surface area (Å²) >= 11 is 0. The van der Waals surface area contributed by atoms with Gasteiger partial charge in [-0.2, -0.15) is 0 Å². The van der Waals surface area contributed by atoms with Crippen LogP contribution in [0.1, 0.15) is 252 Å². The molecular weight excluding hydrogens is 976 g/mol. The molecule has 0 aromatic heterocycles. The second-order valence-corrected chi connectivity index (χ2v) is 23.3. The van der Waals surface area contributed by atoms with Crippen molar-refractivity contribution in [3.63, 3.8) is 0 Å². The Hall–Kier alpha value is -3.33. The molecule has 0 rings (SSSR count). The molecule has 0 spiro atoms. The molecule has 3 atom stereocenters. The fraction of sp³-hybridized carbons (Fsp3) is 0.701. The highest BCUT2D eigenvalue weighted by Crippen LogP contribution is 2.38. The predicted molar refractivity (Wildman–Crippen MR) is 330 cm³/mol. The van der Waals surface area contributed by atoms with Crippen molar-refractivity contribution in [1.82, 2.24) is 5.32 Å². The summed E-state index contributed by atoms with van der Waals surface area (Å²) in [5, 5.41) is 3.01. The first kappa shape index (κ1) is 73.7. The monoisotopic (exact) mass is 1090 g/mol. The molecule has 0 saturated carbocycles. The number of allylic oxidation sites excluding steroid dienone is 17. The van der Waals surface area contributed by atoms with Crippen LogP contribution in [0.4, 0.5) is 0 Å². The van der Waals surface area contributed by atoms with Gasteiger partial charge in [0.2, 0.25) is 5.91 Å². The number of quaternary nitrogens is 1. The highest BCUT2D eigenvalue weighted by Gasteiger charge is 2.27. The van der Waals surface area contributed by atoms with Crippen molar-refractivity contribution in [1.29, 1.82) is 0 Å². The molecule has 0 heterocycles. The van der Waals surface area contributed by atoms with Crippen molar-refractivity contribution in [3.8, 4) is 0 Å². The minimum absolute atomic E-state index is 0.0374. The van der Waals surface area contributed by atoms with E-state index >= 15 is 0 Å². The lowest BCUT2D eigenvalue weighted by Crippen LogP contribution is -2.47. The summed E-state index contributed by atoms with van der Waals surface area (Å²) in [4.78, 5) is 40.0. The first-order valence-corrected chi connectivity index (χ1v) is 32.7. The van der Waals surface area contributed by atoms with E-state index in [1.165, 1.54) is 96.3 Å². The summed E-state index contributed by atoms with van der Waals surface area (Å²) < 4.78 is 30.3. The van der Waals surface area contributed by atoms with Gasteiger partial charge in [-0.1, -0.05) is 227 Å². The predicted octanol–water partition coefficient (Wildman–Crippen LogP) is 18.7. The van der Waals surface area contributed by atoms with Gasteiger partial charge in [0, 0.05) is 12.8 Å². The number of phosphoric ester groups is 1. The molecule has 77 heavy (non-hydrogen) atoms. The number of likely N-dealkylation sites (N-methyl/N-ethyl adjacent to an activating group) is 1. The average molecular weight is 1090 g/mol. The topological polar surface area (TPSA) is 114 Å². The number of carbonyl (C=O) groups is 2. The lowest BCUT2D eigenvalue weighted by Gasteiger charge is -2.30. The third kappa shape index (κ3) is 57.2. The van der Waals surface area contributed by atoms with Crippen LogP contribution in [-0.2, 0) is 27.9 Å². The number of unbranched alkanes of at least 4 members (excludes halogenated alkanes) is 23. The highest BCUT2D eigenvalue weighted by atomic mass is 31.2. The summed E-state index contributed by atoms with van der Waals surface area (Å²) in [6.45, 7) is 6.73.